The fourth-order valence-electron chi connectivity index (χ4n) is 3.73. The van der Waals surface area contributed by atoms with Gasteiger partial charge < -0.3 is 18.9 Å². The predicted octanol–water partition coefficient (Wildman–Crippen LogP) is 3.23. The van der Waals surface area contributed by atoms with E-state index < -0.39 is 17.4 Å². The van der Waals surface area contributed by atoms with Gasteiger partial charge >= 0.3 is 5.97 Å². The first-order valence-corrected chi connectivity index (χ1v) is 12.2. The lowest BCUT2D eigenvalue weighted by atomic mass is 10.1. The molecule has 0 spiro atoms. The van der Waals surface area contributed by atoms with Crippen LogP contribution < -0.4 is 25.2 Å². The van der Waals surface area contributed by atoms with Gasteiger partial charge in [-0.05, 0) is 52.0 Å². The summed E-state index contributed by atoms with van der Waals surface area (Å²) in [5.74, 6) is 0.0491. The highest BCUT2D eigenvalue weighted by atomic mass is 16.5. The highest BCUT2D eigenvalue weighted by Gasteiger charge is 2.22. The normalized spacial score (nSPS) is 11.1. The van der Waals surface area contributed by atoms with Crippen LogP contribution in [0.3, 0.4) is 0 Å². The Hall–Kier alpha value is -4.54. The Labute approximate surface area is 220 Å². The van der Waals surface area contributed by atoms with E-state index in [4.69, 9.17) is 18.9 Å². The number of esters is 1. The van der Waals surface area contributed by atoms with E-state index in [2.05, 4.69) is 15.6 Å². The fourth-order valence-corrected chi connectivity index (χ4v) is 3.73. The average molecular weight is 525 g/mol. The Morgan fingerprint density at radius 2 is 1.58 bits per heavy atom. The summed E-state index contributed by atoms with van der Waals surface area (Å²) in [6.45, 7) is 8.15. The zero-order chi connectivity index (χ0) is 27.7. The molecule has 0 unspecified atom stereocenters. The standard InChI is InChI=1S/C27H32N4O7/c1-6-36-21-14-18(15-22(37-7-2)25(21)38-8-3)26(33)29-28-17(4)24-20(16-23(32)35-5)30-31(27(24)34)19-12-10-9-11-13-19/h9-15,30H,6-8,16H2,1-5H3,(H,29,33)/b28-17+. The van der Waals surface area contributed by atoms with E-state index in [1.54, 1.807) is 43.3 Å². The van der Waals surface area contributed by atoms with Crippen molar-refractivity contribution < 1.29 is 28.5 Å². The number of carbonyl (C=O) groups excluding carboxylic acids is 2. The minimum Gasteiger partial charge on any atom is -0.490 e. The van der Waals surface area contributed by atoms with Gasteiger partial charge in [0.2, 0.25) is 5.75 Å². The summed E-state index contributed by atoms with van der Waals surface area (Å²) in [7, 11) is 1.26. The van der Waals surface area contributed by atoms with Crippen molar-refractivity contribution in [2.75, 3.05) is 26.9 Å². The predicted molar refractivity (Wildman–Crippen MR) is 142 cm³/mol. The molecule has 0 atom stereocenters. The van der Waals surface area contributed by atoms with Crippen molar-refractivity contribution in [1.29, 1.82) is 0 Å². The molecule has 0 radical (unpaired) electrons. The molecule has 202 valence electrons. The van der Waals surface area contributed by atoms with Crippen LogP contribution >= 0.6 is 0 Å². The molecular weight excluding hydrogens is 492 g/mol. The van der Waals surface area contributed by atoms with E-state index in [0.29, 0.717) is 48.5 Å². The molecule has 1 amide bonds. The molecule has 11 heteroatoms. The van der Waals surface area contributed by atoms with E-state index >= 15 is 0 Å². The van der Waals surface area contributed by atoms with Crippen LogP contribution in [0.25, 0.3) is 5.69 Å². The van der Waals surface area contributed by atoms with Crippen molar-refractivity contribution in [3.05, 3.63) is 69.6 Å². The summed E-state index contributed by atoms with van der Waals surface area (Å²) < 4.78 is 23.1. The van der Waals surface area contributed by atoms with Crippen LogP contribution in [0.5, 0.6) is 17.2 Å². The van der Waals surface area contributed by atoms with Crippen LogP contribution in [0.4, 0.5) is 0 Å². The molecular formula is C27H32N4O7. The van der Waals surface area contributed by atoms with E-state index in [-0.39, 0.29) is 23.3 Å². The highest BCUT2D eigenvalue weighted by molar-refractivity contribution is 6.02. The molecule has 38 heavy (non-hydrogen) atoms. The van der Waals surface area contributed by atoms with Crippen LogP contribution in [0, 0.1) is 0 Å². The smallest absolute Gasteiger partial charge is 0.311 e. The summed E-state index contributed by atoms with van der Waals surface area (Å²) in [6.07, 6.45) is -0.184. The van der Waals surface area contributed by atoms with Crippen molar-refractivity contribution in [1.82, 2.24) is 15.2 Å². The van der Waals surface area contributed by atoms with E-state index in [9.17, 15) is 14.4 Å². The van der Waals surface area contributed by atoms with E-state index in [1.807, 2.05) is 26.8 Å². The van der Waals surface area contributed by atoms with Crippen molar-refractivity contribution >= 4 is 17.6 Å². The van der Waals surface area contributed by atoms with E-state index in [1.165, 1.54) is 11.8 Å². The third kappa shape index (κ3) is 6.41. The molecule has 1 aromatic heterocycles. The highest BCUT2D eigenvalue weighted by Crippen LogP contribution is 2.39. The number of benzene rings is 2. The van der Waals surface area contributed by atoms with Gasteiger partial charge in [-0.1, -0.05) is 18.2 Å². The van der Waals surface area contributed by atoms with Gasteiger partial charge in [-0.3, -0.25) is 19.5 Å². The summed E-state index contributed by atoms with van der Waals surface area (Å²) >= 11 is 0. The maximum atomic E-state index is 13.3. The number of aromatic amines is 1. The molecule has 2 N–H and O–H groups in total. The Bertz CT molecular complexity index is 1330. The zero-order valence-electron chi connectivity index (χ0n) is 22.1. The Morgan fingerprint density at radius 3 is 2.13 bits per heavy atom. The van der Waals surface area contributed by atoms with Gasteiger partial charge in [-0.15, -0.1) is 0 Å². The maximum absolute atomic E-state index is 13.3. The number of nitrogens with one attached hydrogen (secondary N) is 2. The molecule has 2 aromatic carbocycles. The van der Waals surface area contributed by atoms with Crippen molar-refractivity contribution in [3.63, 3.8) is 0 Å². The number of hydrogen-bond donors (Lipinski definition) is 2. The molecule has 0 saturated carbocycles. The quantitative estimate of drug-likeness (QED) is 0.211. The minimum atomic E-state index is -0.553. The number of amides is 1. The van der Waals surface area contributed by atoms with Gasteiger partial charge in [0.1, 0.15) is 0 Å². The number of hydrogen-bond acceptors (Lipinski definition) is 8. The summed E-state index contributed by atoms with van der Waals surface area (Å²) in [5, 5.41) is 7.12. The fraction of sp³-hybridized carbons (Fsp3) is 0.333. The number of H-pyrrole nitrogens is 1. The Morgan fingerprint density at radius 1 is 0.974 bits per heavy atom. The first-order valence-electron chi connectivity index (χ1n) is 12.2. The third-order valence-corrected chi connectivity index (χ3v) is 5.39. The number of methoxy groups -OCH3 is 1. The lowest BCUT2D eigenvalue weighted by Gasteiger charge is -2.16. The molecule has 11 nitrogen and oxygen atoms in total. The van der Waals surface area contributed by atoms with Gasteiger partial charge in [0.25, 0.3) is 11.5 Å². The first-order chi connectivity index (χ1) is 18.3. The monoisotopic (exact) mass is 524 g/mol. The molecule has 0 aliphatic rings. The lowest BCUT2D eigenvalue weighted by Crippen LogP contribution is -2.24. The molecule has 0 aliphatic heterocycles. The van der Waals surface area contributed by atoms with Gasteiger partial charge in [0.05, 0.1) is 56.0 Å². The van der Waals surface area contributed by atoms with Crippen LogP contribution in [0.2, 0.25) is 0 Å². The second-order valence-corrected chi connectivity index (χ2v) is 7.93. The first kappa shape index (κ1) is 28.0. The summed E-state index contributed by atoms with van der Waals surface area (Å²) in [5.41, 5.74) is 3.51. The molecule has 3 rings (SSSR count). The number of para-hydroxylation sites is 1. The molecule has 0 fully saturated rings. The van der Waals surface area contributed by atoms with Crippen LogP contribution in [-0.4, -0.2) is 54.3 Å². The number of rotatable bonds is 12. The van der Waals surface area contributed by atoms with Gasteiger partial charge in [0, 0.05) is 5.56 Å². The Kier molecular flexibility index (Phi) is 9.69. The van der Waals surface area contributed by atoms with E-state index in [0.717, 1.165) is 0 Å². The SMILES string of the molecule is CCOc1cc(C(=O)N/N=C(\C)c2c(CC(=O)OC)[nH]n(-c3ccccc3)c2=O)cc(OCC)c1OCC. The minimum absolute atomic E-state index is 0.149. The molecule has 3 aromatic rings. The molecule has 0 bridgehead atoms. The largest absolute Gasteiger partial charge is 0.490 e. The second-order valence-electron chi connectivity index (χ2n) is 7.93. The summed E-state index contributed by atoms with van der Waals surface area (Å²) in [6, 6.07) is 12.0. The lowest BCUT2D eigenvalue weighted by molar-refractivity contribution is -0.139. The molecule has 0 saturated heterocycles. The molecule has 0 aliphatic carbocycles. The number of hydrazone groups is 1. The zero-order valence-corrected chi connectivity index (χ0v) is 22.1. The number of ether oxygens (including phenoxy) is 4. The second kappa shape index (κ2) is 13.1. The number of nitrogens with zero attached hydrogens (tertiary/aromatic N) is 2. The Balaban J connectivity index is 1.97. The van der Waals surface area contributed by atoms with Crippen molar-refractivity contribution in [3.8, 4) is 22.9 Å². The topological polar surface area (TPSA) is 133 Å². The van der Waals surface area contributed by atoms with Gasteiger partial charge in [0.15, 0.2) is 11.5 Å². The van der Waals surface area contributed by atoms with Crippen molar-refractivity contribution in [2.45, 2.75) is 34.1 Å². The summed E-state index contributed by atoms with van der Waals surface area (Å²) in [4.78, 5) is 38.3. The van der Waals surface area contributed by atoms with Crippen LogP contribution in [0.15, 0.2) is 52.4 Å². The molecule has 1 heterocycles. The van der Waals surface area contributed by atoms with Gasteiger partial charge in [-0.25, -0.2) is 10.1 Å². The van der Waals surface area contributed by atoms with Gasteiger partial charge in [-0.2, -0.15) is 5.10 Å². The third-order valence-electron chi connectivity index (χ3n) is 5.39. The van der Waals surface area contributed by atoms with Crippen molar-refractivity contribution in [2.24, 2.45) is 5.10 Å². The number of aromatic nitrogens is 2. The number of carbonyl (C=O) groups is 2. The maximum Gasteiger partial charge on any atom is 0.311 e. The van der Waals surface area contributed by atoms with Crippen LogP contribution in [0.1, 0.15) is 49.3 Å². The average Bonchev–Trinajstić information content (AvgIpc) is 3.24. The van der Waals surface area contributed by atoms with Crippen LogP contribution in [-0.2, 0) is 16.0 Å².